The second-order valence-corrected chi connectivity index (χ2v) is 6.74. The first-order valence-corrected chi connectivity index (χ1v) is 9.67. The highest BCUT2D eigenvalue weighted by molar-refractivity contribution is 5.92. The van der Waals surface area contributed by atoms with Crippen LogP contribution in [0.3, 0.4) is 0 Å². The molecule has 30 heavy (non-hydrogen) atoms. The third kappa shape index (κ3) is 4.86. The van der Waals surface area contributed by atoms with Crippen LogP contribution in [-0.2, 0) is 6.54 Å². The normalized spacial score (nSPS) is 12.0. The van der Waals surface area contributed by atoms with E-state index in [0.717, 1.165) is 16.7 Å². The zero-order valence-corrected chi connectivity index (χ0v) is 16.3. The molecule has 4 aromatic rings. The summed E-state index contributed by atoms with van der Waals surface area (Å²) in [6.07, 6.45) is 9.07. The number of amides is 1. The van der Waals surface area contributed by atoms with E-state index < -0.39 is 0 Å². The van der Waals surface area contributed by atoms with Gasteiger partial charge in [-0.15, -0.1) is 5.10 Å². The molecule has 6 heteroatoms. The summed E-state index contributed by atoms with van der Waals surface area (Å²) in [6.45, 7) is 0.529. The van der Waals surface area contributed by atoms with Crippen molar-refractivity contribution in [1.29, 1.82) is 0 Å². The maximum Gasteiger partial charge on any atom is 0.274 e. The van der Waals surface area contributed by atoms with Crippen molar-refractivity contribution in [1.82, 2.24) is 25.3 Å². The van der Waals surface area contributed by atoms with E-state index in [-0.39, 0.29) is 17.6 Å². The van der Waals surface area contributed by atoms with Crippen molar-refractivity contribution in [2.45, 2.75) is 12.6 Å². The Kier molecular flexibility index (Phi) is 6.05. The molecular weight excluding hydrogens is 374 g/mol. The standard InChI is InChI=1S/C24H21N5O/c30-24(22-18-29(28-27-22)17-7-10-19-8-3-1-4-9-19)26-23(20-11-5-2-6-12-20)21-13-15-25-16-14-21/h1-16,18,23H,17H2,(H,26,30)/b10-7+/t23-/m0/s1. The molecule has 0 unspecified atom stereocenters. The Balaban J connectivity index is 1.46. The second-order valence-electron chi connectivity index (χ2n) is 6.74. The van der Waals surface area contributed by atoms with Crippen molar-refractivity contribution < 1.29 is 4.79 Å². The molecule has 2 aromatic carbocycles. The zero-order chi connectivity index (χ0) is 20.6. The minimum atomic E-state index is -0.301. The average Bonchev–Trinajstić information content (AvgIpc) is 3.28. The van der Waals surface area contributed by atoms with E-state index in [4.69, 9.17) is 0 Å². The topological polar surface area (TPSA) is 72.7 Å². The SMILES string of the molecule is O=C(N[C@@H](c1ccccc1)c1ccncc1)c1cn(C/C=C/c2ccccc2)nn1. The van der Waals surface area contributed by atoms with Gasteiger partial charge in [-0.25, -0.2) is 4.68 Å². The summed E-state index contributed by atoms with van der Waals surface area (Å²) in [5.74, 6) is -0.279. The average molecular weight is 395 g/mol. The van der Waals surface area contributed by atoms with Crippen LogP contribution in [0.25, 0.3) is 6.08 Å². The third-order valence-corrected chi connectivity index (χ3v) is 4.62. The lowest BCUT2D eigenvalue weighted by molar-refractivity contribution is 0.0938. The number of nitrogens with one attached hydrogen (secondary N) is 1. The number of rotatable bonds is 7. The maximum absolute atomic E-state index is 12.8. The Bertz CT molecular complexity index is 1070. The van der Waals surface area contributed by atoms with E-state index in [1.165, 1.54) is 0 Å². The van der Waals surface area contributed by atoms with Gasteiger partial charge in [0.1, 0.15) is 0 Å². The second kappa shape index (κ2) is 9.43. The predicted octanol–water partition coefficient (Wildman–Crippen LogP) is 3.91. The molecule has 0 fully saturated rings. The van der Waals surface area contributed by atoms with Gasteiger partial charge in [-0.3, -0.25) is 9.78 Å². The first-order chi connectivity index (χ1) is 14.8. The fourth-order valence-corrected chi connectivity index (χ4v) is 3.12. The van der Waals surface area contributed by atoms with Crippen molar-refractivity contribution in [3.63, 3.8) is 0 Å². The number of hydrogen-bond donors (Lipinski definition) is 1. The molecule has 0 aliphatic carbocycles. The summed E-state index contributed by atoms with van der Waals surface area (Å²) in [4.78, 5) is 16.9. The van der Waals surface area contributed by atoms with Crippen molar-refractivity contribution in [3.05, 3.63) is 120 Å². The van der Waals surface area contributed by atoms with Gasteiger partial charge in [-0.1, -0.05) is 78.0 Å². The van der Waals surface area contributed by atoms with E-state index in [1.54, 1.807) is 23.3 Å². The van der Waals surface area contributed by atoms with E-state index in [0.29, 0.717) is 6.54 Å². The van der Waals surface area contributed by atoms with Crippen molar-refractivity contribution in [2.75, 3.05) is 0 Å². The van der Waals surface area contributed by atoms with Gasteiger partial charge in [0.05, 0.1) is 18.8 Å². The minimum absolute atomic E-state index is 0.276. The third-order valence-electron chi connectivity index (χ3n) is 4.62. The molecule has 1 atom stereocenters. The van der Waals surface area contributed by atoms with Gasteiger partial charge < -0.3 is 5.32 Å². The summed E-state index contributed by atoms with van der Waals surface area (Å²) in [6, 6.07) is 23.3. The lowest BCUT2D eigenvalue weighted by atomic mass is 9.99. The Morgan fingerprint density at radius 1 is 0.933 bits per heavy atom. The number of allylic oxidation sites excluding steroid dienone is 1. The van der Waals surface area contributed by atoms with Crippen LogP contribution < -0.4 is 5.32 Å². The fourth-order valence-electron chi connectivity index (χ4n) is 3.12. The maximum atomic E-state index is 12.8. The van der Waals surface area contributed by atoms with Gasteiger partial charge in [-0.2, -0.15) is 0 Å². The monoisotopic (exact) mass is 395 g/mol. The van der Waals surface area contributed by atoms with Crippen molar-refractivity contribution >= 4 is 12.0 Å². The predicted molar refractivity (Wildman–Crippen MR) is 115 cm³/mol. The summed E-state index contributed by atoms with van der Waals surface area (Å²) in [7, 11) is 0. The lowest BCUT2D eigenvalue weighted by Crippen LogP contribution is -2.29. The molecule has 0 aliphatic heterocycles. The summed E-state index contributed by atoms with van der Waals surface area (Å²) in [5.41, 5.74) is 3.31. The molecule has 4 rings (SSSR count). The van der Waals surface area contributed by atoms with Crippen LogP contribution in [0.5, 0.6) is 0 Å². The molecule has 0 spiro atoms. The molecule has 148 valence electrons. The molecule has 2 aromatic heterocycles. The Hall–Kier alpha value is -4.06. The molecule has 0 saturated heterocycles. The highest BCUT2D eigenvalue weighted by Gasteiger charge is 2.19. The molecule has 1 amide bonds. The van der Waals surface area contributed by atoms with Crippen LogP contribution in [0, 0.1) is 0 Å². The van der Waals surface area contributed by atoms with Gasteiger partial charge in [0.2, 0.25) is 0 Å². The zero-order valence-electron chi connectivity index (χ0n) is 16.3. The summed E-state index contributed by atoms with van der Waals surface area (Å²) >= 11 is 0. The van der Waals surface area contributed by atoms with Crippen LogP contribution in [0.1, 0.15) is 33.2 Å². The summed E-state index contributed by atoms with van der Waals surface area (Å²) in [5, 5.41) is 11.2. The van der Waals surface area contributed by atoms with E-state index in [1.807, 2.05) is 84.9 Å². The van der Waals surface area contributed by atoms with E-state index in [2.05, 4.69) is 20.6 Å². The van der Waals surface area contributed by atoms with Gasteiger partial charge in [0.15, 0.2) is 5.69 Å². The van der Waals surface area contributed by atoms with Crippen LogP contribution in [0.2, 0.25) is 0 Å². The number of carbonyl (C=O) groups is 1. The number of aromatic nitrogens is 4. The molecule has 0 bridgehead atoms. The highest BCUT2D eigenvalue weighted by Crippen LogP contribution is 2.21. The minimum Gasteiger partial charge on any atom is -0.340 e. The summed E-state index contributed by atoms with van der Waals surface area (Å²) < 4.78 is 1.64. The number of nitrogens with zero attached hydrogens (tertiary/aromatic N) is 4. The molecule has 0 saturated carbocycles. The van der Waals surface area contributed by atoms with Crippen LogP contribution >= 0.6 is 0 Å². The lowest BCUT2D eigenvalue weighted by Gasteiger charge is -2.19. The Morgan fingerprint density at radius 3 is 2.33 bits per heavy atom. The molecule has 6 nitrogen and oxygen atoms in total. The molecule has 2 heterocycles. The number of benzene rings is 2. The highest BCUT2D eigenvalue weighted by atomic mass is 16.2. The van der Waals surface area contributed by atoms with Crippen LogP contribution in [0.15, 0.2) is 97.5 Å². The molecule has 1 N–H and O–H groups in total. The quantitative estimate of drug-likeness (QED) is 0.515. The number of hydrogen-bond acceptors (Lipinski definition) is 4. The Morgan fingerprint density at radius 2 is 1.60 bits per heavy atom. The van der Waals surface area contributed by atoms with Gasteiger partial charge in [0, 0.05) is 12.4 Å². The van der Waals surface area contributed by atoms with Gasteiger partial charge in [0.25, 0.3) is 5.91 Å². The Labute approximate surface area is 174 Å². The number of carbonyl (C=O) groups excluding carboxylic acids is 1. The first kappa shape index (κ1) is 19.3. The van der Waals surface area contributed by atoms with Crippen LogP contribution in [0.4, 0.5) is 0 Å². The van der Waals surface area contributed by atoms with Crippen LogP contribution in [-0.4, -0.2) is 25.9 Å². The van der Waals surface area contributed by atoms with Crippen molar-refractivity contribution in [3.8, 4) is 0 Å². The van der Waals surface area contributed by atoms with Gasteiger partial charge in [-0.05, 0) is 28.8 Å². The van der Waals surface area contributed by atoms with E-state index >= 15 is 0 Å². The van der Waals surface area contributed by atoms with E-state index in [9.17, 15) is 4.79 Å². The first-order valence-electron chi connectivity index (χ1n) is 9.67. The smallest absolute Gasteiger partial charge is 0.274 e. The van der Waals surface area contributed by atoms with Gasteiger partial charge >= 0.3 is 0 Å². The molecule has 0 radical (unpaired) electrons. The van der Waals surface area contributed by atoms with Crippen molar-refractivity contribution in [2.24, 2.45) is 0 Å². The fraction of sp³-hybridized carbons (Fsp3) is 0.0833. The molecular formula is C24H21N5O. The number of pyridine rings is 1. The largest absolute Gasteiger partial charge is 0.340 e. The molecule has 0 aliphatic rings.